The quantitative estimate of drug-likeness (QED) is 0.775. The number of carbonyl (C=O) groups is 1. The second-order valence-electron chi connectivity index (χ2n) is 7.51. The summed E-state index contributed by atoms with van der Waals surface area (Å²) >= 11 is 0. The molecule has 1 fully saturated rings. The molecule has 2 aliphatic heterocycles. The molecule has 1 spiro atoms. The molecule has 6 nitrogen and oxygen atoms in total. The molecule has 29 heavy (non-hydrogen) atoms. The van der Waals surface area contributed by atoms with Crippen LogP contribution in [0.3, 0.4) is 0 Å². The van der Waals surface area contributed by atoms with Crippen LogP contribution in [0.15, 0.2) is 53.5 Å². The first-order chi connectivity index (χ1) is 14.1. The SMILES string of the molecule is NC1=NC2(CCN(C(=O)OCCCc3ccccc3)CC2)Nc2cccc(F)c21. The number of piperidine rings is 1. The summed E-state index contributed by atoms with van der Waals surface area (Å²) in [6.07, 6.45) is 2.54. The van der Waals surface area contributed by atoms with Crippen LogP contribution < -0.4 is 11.1 Å². The summed E-state index contributed by atoms with van der Waals surface area (Å²) in [5.74, 6) is -0.184. The molecule has 0 radical (unpaired) electrons. The molecule has 0 unspecified atom stereocenters. The second-order valence-corrected chi connectivity index (χ2v) is 7.51. The highest BCUT2D eigenvalue weighted by atomic mass is 19.1. The van der Waals surface area contributed by atoms with E-state index in [1.807, 2.05) is 18.2 Å². The number of rotatable bonds is 4. The number of nitrogens with zero attached hydrogens (tertiary/aromatic N) is 2. The van der Waals surface area contributed by atoms with Crippen LogP contribution in [0, 0.1) is 5.82 Å². The van der Waals surface area contributed by atoms with Crippen molar-refractivity contribution in [3.8, 4) is 0 Å². The Balaban J connectivity index is 1.28. The number of fused-ring (bicyclic) bond motifs is 1. The third-order valence-electron chi connectivity index (χ3n) is 5.50. The van der Waals surface area contributed by atoms with Crippen molar-refractivity contribution in [2.45, 2.75) is 31.3 Å². The lowest BCUT2D eigenvalue weighted by Crippen LogP contribution is -2.52. The van der Waals surface area contributed by atoms with Crippen molar-refractivity contribution < 1.29 is 13.9 Å². The van der Waals surface area contributed by atoms with Gasteiger partial charge in [-0.05, 0) is 30.5 Å². The molecule has 4 rings (SSSR count). The molecule has 0 aromatic heterocycles. The van der Waals surface area contributed by atoms with Crippen molar-refractivity contribution in [3.63, 3.8) is 0 Å². The normalized spacial score (nSPS) is 17.3. The van der Waals surface area contributed by atoms with Crippen molar-refractivity contribution >= 4 is 17.6 Å². The Morgan fingerprint density at radius 1 is 1.17 bits per heavy atom. The van der Waals surface area contributed by atoms with Crippen molar-refractivity contribution in [1.82, 2.24) is 4.90 Å². The maximum Gasteiger partial charge on any atom is 0.409 e. The molecule has 7 heteroatoms. The molecule has 2 heterocycles. The zero-order valence-corrected chi connectivity index (χ0v) is 16.2. The lowest BCUT2D eigenvalue weighted by molar-refractivity contribution is 0.0857. The minimum absolute atomic E-state index is 0.203. The van der Waals surface area contributed by atoms with E-state index in [1.54, 1.807) is 17.0 Å². The fraction of sp³-hybridized carbons (Fsp3) is 0.364. The molecule has 2 aromatic carbocycles. The number of benzene rings is 2. The number of carbonyl (C=O) groups excluding carboxylic acids is 1. The summed E-state index contributed by atoms with van der Waals surface area (Å²) in [5, 5.41) is 3.33. The number of nitrogens with two attached hydrogens (primary N) is 1. The average Bonchev–Trinajstić information content (AvgIpc) is 2.72. The van der Waals surface area contributed by atoms with Crippen LogP contribution in [0.5, 0.6) is 0 Å². The number of nitrogens with one attached hydrogen (secondary N) is 1. The number of hydrogen-bond acceptors (Lipinski definition) is 5. The number of aliphatic imine (C=N–C) groups is 1. The van der Waals surface area contributed by atoms with Gasteiger partial charge in [0.2, 0.25) is 0 Å². The Morgan fingerprint density at radius 3 is 2.69 bits per heavy atom. The summed E-state index contributed by atoms with van der Waals surface area (Å²) in [6.45, 7) is 1.41. The van der Waals surface area contributed by atoms with Crippen LogP contribution in [0.25, 0.3) is 0 Å². The predicted octanol–water partition coefficient (Wildman–Crippen LogP) is 3.52. The van der Waals surface area contributed by atoms with Gasteiger partial charge in [0.25, 0.3) is 0 Å². The topological polar surface area (TPSA) is 80.0 Å². The number of amidine groups is 1. The largest absolute Gasteiger partial charge is 0.449 e. The number of halogens is 1. The van der Waals surface area contributed by atoms with E-state index in [9.17, 15) is 9.18 Å². The highest BCUT2D eigenvalue weighted by Crippen LogP contribution is 2.35. The molecule has 2 aromatic rings. The van der Waals surface area contributed by atoms with Gasteiger partial charge in [0, 0.05) is 31.6 Å². The van der Waals surface area contributed by atoms with E-state index in [4.69, 9.17) is 10.5 Å². The first-order valence-electron chi connectivity index (χ1n) is 9.94. The predicted molar refractivity (Wildman–Crippen MR) is 110 cm³/mol. The summed E-state index contributed by atoms with van der Waals surface area (Å²) in [4.78, 5) is 18.6. The van der Waals surface area contributed by atoms with E-state index >= 15 is 0 Å². The molecule has 1 saturated heterocycles. The standard InChI is InChI=1S/C22H25FN4O2/c23-17-9-4-10-18-19(17)20(24)26-22(25-18)11-13-27(14-12-22)21(28)29-15-5-8-16-6-2-1-3-7-16/h1-4,6-7,9-10,25H,5,8,11-15H2,(H2,24,26). The summed E-state index contributed by atoms with van der Waals surface area (Å²) in [6, 6.07) is 15.0. The van der Waals surface area contributed by atoms with Crippen LogP contribution in [0.2, 0.25) is 0 Å². The molecule has 2 aliphatic rings. The molecule has 1 amide bonds. The van der Waals surface area contributed by atoms with Crippen LogP contribution in [0.1, 0.15) is 30.4 Å². The number of ether oxygens (including phenoxy) is 1. The van der Waals surface area contributed by atoms with Crippen molar-refractivity contribution in [2.75, 3.05) is 25.0 Å². The van der Waals surface area contributed by atoms with Gasteiger partial charge in [-0.1, -0.05) is 36.4 Å². The molecular weight excluding hydrogens is 371 g/mol. The Bertz CT molecular complexity index is 908. The highest BCUT2D eigenvalue weighted by Gasteiger charge is 2.39. The number of aryl methyl sites for hydroxylation is 1. The molecule has 152 valence electrons. The maximum absolute atomic E-state index is 14.0. The monoisotopic (exact) mass is 396 g/mol. The Hall–Kier alpha value is -3.09. The van der Waals surface area contributed by atoms with Gasteiger partial charge in [-0.25, -0.2) is 14.2 Å². The van der Waals surface area contributed by atoms with E-state index in [2.05, 4.69) is 22.4 Å². The average molecular weight is 396 g/mol. The number of likely N-dealkylation sites (tertiary alicyclic amines) is 1. The Kier molecular flexibility index (Phi) is 5.38. The zero-order chi connectivity index (χ0) is 20.3. The smallest absolute Gasteiger partial charge is 0.409 e. The Labute approximate surface area is 169 Å². The molecule has 0 saturated carbocycles. The van der Waals surface area contributed by atoms with Crippen LogP contribution >= 0.6 is 0 Å². The fourth-order valence-corrected chi connectivity index (χ4v) is 3.92. The van der Waals surface area contributed by atoms with Gasteiger partial charge < -0.3 is 20.7 Å². The first-order valence-corrected chi connectivity index (χ1v) is 9.94. The van der Waals surface area contributed by atoms with Gasteiger partial charge in [-0.2, -0.15) is 0 Å². The third-order valence-corrected chi connectivity index (χ3v) is 5.50. The Morgan fingerprint density at radius 2 is 1.93 bits per heavy atom. The minimum Gasteiger partial charge on any atom is -0.449 e. The lowest BCUT2D eigenvalue weighted by Gasteiger charge is -2.42. The molecular formula is C22H25FN4O2. The second kappa shape index (κ2) is 8.11. The molecule has 0 aliphatic carbocycles. The number of amides is 1. The highest BCUT2D eigenvalue weighted by molar-refractivity contribution is 6.04. The molecule has 3 N–H and O–H groups in total. The van der Waals surface area contributed by atoms with Crippen LogP contribution in [-0.2, 0) is 11.2 Å². The summed E-state index contributed by atoms with van der Waals surface area (Å²) < 4.78 is 19.5. The van der Waals surface area contributed by atoms with Gasteiger partial charge in [-0.3, -0.25) is 0 Å². The van der Waals surface area contributed by atoms with E-state index in [-0.39, 0.29) is 17.7 Å². The van der Waals surface area contributed by atoms with Gasteiger partial charge >= 0.3 is 6.09 Å². The maximum atomic E-state index is 14.0. The van der Waals surface area contributed by atoms with Crippen LogP contribution in [0.4, 0.5) is 14.9 Å². The van der Waals surface area contributed by atoms with E-state index in [0.29, 0.717) is 43.8 Å². The summed E-state index contributed by atoms with van der Waals surface area (Å²) in [7, 11) is 0. The van der Waals surface area contributed by atoms with Gasteiger partial charge in [0.1, 0.15) is 17.3 Å². The fourth-order valence-electron chi connectivity index (χ4n) is 3.92. The lowest BCUT2D eigenvalue weighted by atomic mass is 9.94. The van der Waals surface area contributed by atoms with E-state index < -0.39 is 5.66 Å². The van der Waals surface area contributed by atoms with E-state index in [1.165, 1.54) is 11.6 Å². The number of anilines is 1. The van der Waals surface area contributed by atoms with Gasteiger partial charge in [-0.15, -0.1) is 0 Å². The summed E-state index contributed by atoms with van der Waals surface area (Å²) in [5.41, 5.74) is 7.64. The molecule has 0 bridgehead atoms. The van der Waals surface area contributed by atoms with E-state index in [0.717, 1.165) is 12.8 Å². The van der Waals surface area contributed by atoms with Crippen molar-refractivity contribution in [1.29, 1.82) is 0 Å². The zero-order valence-electron chi connectivity index (χ0n) is 16.2. The van der Waals surface area contributed by atoms with Gasteiger partial charge in [0.05, 0.1) is 12.2 Å². The van der Waals surface area contributed by atoms with Crippen molar-refractivity contribution in [3.05, 3.63) is 65.5 Å². The molecule has 0 atom stereocenters. The van der Waals surface area contributed by atoms with Crippen LogP contribution in [-0.4, -0.2) is 42.2 Å². The third kappa shape index (κ3) is 4.18. The minimum atomic E-state index is -0.602. The van der Waals surface area contributed by atoms with Crippen molar-refractivity contribution in [2.24, 2.45) is 10.7 Å². The number of hydrogen-bond donors (Lipinski definition) is 2. The first kappa shape index (κ1) is 19.2. The van der Waals surface area contributed by atoms with Gasteiger partial charge in [0.15, 0.2) is 0 Å².